The molecule has 1 nitrogen and oxygen atoms in total. The Morgan fingerprint density at radius 2 is 0.836 bits per heavy atom. The zero-order chi connectivity index (χ0) is 44.7. The molecule has 322 valence electrons. The van der Waals surface area contributed by atoms with Crippen molar-refractivity contribution in [1.29, 1.82) is 0 Å². The maximum Gasteiger partial charge on any atom is 0.0540 e. The number of nitrogens with zero attached hydrogens (tertiary/aromatic N) is 1. The van der Waals surface area contributed by atoms with E-state index in [2.05, 4.69) is 248 Å². The standard InChI is InChI=1S/C66H53N/c1-66(51-28-9-4-10-29-51)59-37-15-11-33-58(59)65-57(36-21-38-60(65)66)55-32-14-18-41-63(55)67(61-39-16-12-30-52(61)49-44-42-47(43-45-49)46-22-5-2-6-23-46)62-40-17-13-31-54(62)56-35-20-27-50-26-19-34-53(64(50)56)48-24-7-3-8-25-48/h2,4-6,9-23,26-45,48H,3,7-8,24-25H2,1H3. The van der Waals surface area contributed by atoms with Gasteiger partial charge in [-0.05, 0) is 116 Å². The summed E-state index contributed by atoms with van der Waals surface area (Å²) in [6.07, 6.45) is 6.43. The van der Waals surface area contributed by atoms with Crippen LogP contribution in [0.25, 0.3) is 66.4 Å². The molecule has 0 radical (unpaired) electrons. The average molecular weight is 860 g/mol. The third kappa shape index (κ3) is 7.00. The second-order valence-electron chi connectivity index (χ2n) is 18.7. The first-order valence-corrected chi connectivity index (χ1v) is 24.2. The molecule has 67 heavy (non-hydrogen) atoms. The van der Waals surface area contributed by atoms with Crippen LogP contribution in [-0.2, 0) is 5.41 Å². The molecule has 1 fully saturated rings. The Morgan fingerprint density at radius 1 is 0.358 bits per heavy atom. The van der Waals surface area contributed by atoms with E-state index < -0.39 is 0 Å². The van der Waals surface area contributed by atoms with Gasteiger partial charge in [-0.2, -0.15) is 0 Å². The summed E-state index contributed by atoms with van der Waals surface area (Å²) in [6, 6.07) is 88.2. The largest absolute Gasteiger partial charge is 0.309 e. The Labute approximate surface area is 395 Å². The van der Waals surface area contributed by atoms with Gasteiger partial charge in [0.15, 0.2) is 0 Å². The van der Waals surface area contributed by atoms with Gasteiger partial charge in [-0.1, -0.05) is 238 Å². The lowest BCUT2D eigenvalue weighted by Crippen LogP contribution is -2.22. The van der Waals surface area contributed by atoms with E-state index in [1.54, 1.807) is 0 Å². The highest BCUT2D eigenvalue weighted by Gasteiger charge is 2.42. The zero-order valence-electron chi connectivity index (χ0n) is 38.1. The Hall–Kier alpha value is -7.74. The van der Waals surface area contributed by atoms with Gasteiger partial charge in [0.05, 0.1) is 17.1 Å². The summed E-state index contributed by atoms with van der Waals surface area (Å²) in [4.78, 5) is 2.57. The van der Waals surface area contributed by atoms with Gasteiger partial charge in [-0.15, -0.1) is 0 Å². The lowest BCUT2D eigenvalue weighted by molar-refractivity contribution is 0.445. The zero-order valence-corrected chi connectivity index (χ0v) is 38.1. The molecule has 12 rings (SSSR count). The Morgan fingerprint density at radius 3 is 1.54 bits per heavy atom. The van der Waals surface area contributed by atoms with Crippen molar-refractivity contribution in [1.82, 2.24) is 0 Å². The van der Waals surface area contributed by atoms with Crippen LogP contribution in [-0.4, -0.2) is 0 Å². The topological polar surface area (TPSA) is 3.24 Å². The van der Waals surface area contributed by atoms with Crippen molar-refractivity contribution < 1.29 is 0 Å². The van der Waals surface area contributed by atoms with Crippen molar-refractivity contribution in [3.05, 3.63) is 259 Å². The summed E-state index contributed by atoms with van der Waals surface area (Å²) in [5.41, 5.74) is 20.9. The van der Waals surface area contributed by atoms with Crippen molar-refractivity contribution in [2.45, 2.75) is 50.4 Å². The van der Waals surface area contributed by atoms with Crippen molar-refractivity contribution in [3.63, 3.8) is 0 Å². The SMILES string of the molecule is CC1(c2ccccc2)c2ccccc2-c2c(-c3ccccc3N(c3ccccc3-c3ccc(-c4ccccc4)cc3)c3ccccc3-c3cccc4cccc(C5CCCCC5)c34)cccc21. The normalized spacial score (nSPS) is 15.5. The highest BCUT2D eigenvalue weighted by molar-refractivity contribution is 6.06. The number of anilines is 3. The number of hydrogen-bond acceptors (Lipinski definition) is 1. The average Bonchev–Trinajstić information content (AvgIpc) is 3.68. The minimum Gasteiger partial charge on any atom is -0.309 e. The van der Waals surface area contributed by atoms with Gasteiger partial charge in [0, 0.05) is 22.1 Å². The van der Waals surface area contributed by atoms with Gasteiger partial charge in [0.2, 0.25) is 0 Å². The third-order valence-electron chi connectivity index (χ3n) is 15.0. The predicted molar refractivity (Wildman–Crippen MR) is 284 cm³/mol. The summed E-state index contributed by atoms with van der Waals surface area (Å²) in [6.45, 7) is 2.41. The van der Waals surface area contributed by atoms with E-state index in [4.69, 9.17) is 0 Å². The Balaban J connectivity index is 1.11. The second kappa shape index (κ2) is 17.2. The van der Waals surface area contributed by atoms with Crippen molar-refractivity contribution in [3.8, 4) is 55.6 Å². The first-order valence-electron chi connectivity index (χ1n) is 24.2. The van der Waals surface area contributed by atoms with E-state index in [-0.39, 0.29) is 5.41 Å². The fraction of sp³-hybridized carbons (Fsp3) is 0.121. The molecule has 1 heteroatoms. The molecular weight excluding hydrogens is 807 g/mol. The number of benzene rings is 10. The van der Waals surface area contributed by atoms with Crippen LogP contribution in [0.15, 0.2) is 237 Å². The van der Waals surface area contributed by atoms with Gasteiger partial charge in [-0.25, -0.2) is 0 Å². The van der Waals surface area contributed by atoms with Crippen LogP contribution < -0.4 is 4.90 Å². The predicted octanol–water partition coefficient (Wildman–Crippen LogP) is 18.4. The van der Waals surface area contributed by atoms with Gasteiger partial charge in [0.1, 0.15) is 0 Å². The molecule has 10 aromatic rings. The molecule has 10 aromatic carbocycles. The summed E-state index contributed by atoms with van der Waals surface area (Å²) in [5.74, 6) is 0.562. The van der Waals surface area contributed by atoms with Crippen molar-refractivity contribution in [2.75, 3.05) is 4.90 Å². The molecule has 1 atom stereocenters. The van der Waals surface area contributed by atoms with Gasteiger partial charge in [0.25, 0.3) is 0 Å². The fourth-order valence-corrected chi connectivity index (χ4v) is 11.8. The number of hydrogen-bond donors (Lipinski definition) is 0. The van der Waals surface area contributed by atoms with Crippen LogP contribution in [0.5, 0.6) is 0 Å². The van der Waals surface area contributed by atoms with Crippen molar-refractivity contribution in [2.24, 2.45) is 0 Å². The summed E-state index contributed by atoms with van der Waals surface area (Å²) >= 11 is 0. The first-order chi connectivity index (χ1) is 33.2. The van der Waals surface area contributed by atoms with Crippen LogP contribution in [0.2, 0.25) is 0 Å². The van der Waals surface area contributed by atoms with Crippen LogP contribution in [0.1, 0.15) is 67.2 Å². The molecule has 1 unspecified atom stereocenters. The number of para-hydroxylation sites is 3. The Kier molecular flexibility index (Phi) is 10.5. The highest BCUT2D eigenvalue weighted by atomic mass is 15.1. The number of fused-ring (bicyclic) bond motifs is 4. The summed E-state index contributed by atoms with van der Waals surface area (Å²) < 4.78 is 0. The smallest absolute Gasteiger partial charge is 0.0540 e. The maximum atomic E-state index is 2.57. The van der Waals surface area contributed by atoms with Crippen LogP contribution in [0.3, 0.4) is 0 Å². The monoisotopic (exact) mass is 859 g/mol. The van der Waals surface area contributed by atoms with Crippen molar-refractivity contribution >= 4 is 27.8 Å². The van der Waals surface area contributed by atoms with Crippen LogP contribution in [0, 0.1) is 0 Å². The van der Waals surface area contributed by atoms with E-state index in [1.807, 2.05) is 0 Å². The molecule has 0 amide bonds. The molecular formula is C66H53N. The van der Waals surface area contributed by atoms with Crippen LogP contribution in [0.4, 0.5) is 17.1 Å². The highest BCUT2D eigenvalue weighted by Crippen LogP contribution is 2.57. The second-order valence-corrected chi connectivity index (χ2v) is 18.7. The van der Waals surface area contributed by atoms with E-state index in [1.165, 1.54) is 121 Å². The first kappa shape index (κ1) is 40.7. The van der Waals surface area contributed by atoms with E-state index in [0.717, 1.165) is 17.1 Å². The van der Waals surface area contributed by atoms with Gasteiger partial charge < -0.3 is 4.90 Å². The molecule has 0 spiro atoms. The van der Waals surface area contributed by atoms with Gasteiger partial charge in [-0.3, -0.25) is 0 Å². The molecule has 2 aliphatic rings. The number of rotatable bonds is 9. The Bertz CT molecular complexity index is 3390. The minimum atomic E-state index is -0.312. The van der Waals surface area contributed by atoms with Gasteiger partial charge >= 0.3 is 0 Å². The third-order valence-corrected chi connectivity index (χ3v) is 15.0. The van der Waals surface area contributed by atoms with Crippen LogP contribution >= 0.6 is 0 Å². The van der Waals surface area contributed by atoms with E-state index in [0.29, 0.717) is 5.92 Å². The minimum absolute atomic E-state index is 0.312. The lowest BCUT2D eigenvalue weighted by atomic mass is 9.74. The molecule has 0 heterocycles. The lowest BCUT2D eigenvalue weighted by Gasteiger charge is -2.32. The quantitative estimate of drug-likeness (QED) is 0.140. The summed E-state index contributed by atoms with van der Waals surface area (Å²) in [5, 5.41) is 2.70. The molecule has 0 saturated heterocycles. The molecule has 0 bridgehead atoms. The maximum absolute atomic E-state index is 2.57. The fourth-order valence-electron chi connectivity index (χ4n) is 11.8. The molecule has 0 aromatic heterocycles. The molecule has 1 saturated carbocycles. The summed E-state index contributed by atoms with van der Waals surface area (Å²) in [7, 11) is 0. The molecule has 2 aliphatic carbocycles. The van der Waals surface area contributed by atoms with E-state index in [9.17, 15) is 0 Å². The molecule has 0 N–H and O–H groups in total. The molecule has 0 aliphatic heterocycles. The van der Waals surface area contributed by atoms with E-state index >= 15 is 0 Å².